The molecule has 0 unspecified atom stereocenters. The van der Waals surface area contributed by atoms with Gasteiger partial charge < -0.3 is 10.5 Å². The molecule has 20 heavy (non-hydrogen) atoms. The summed E-state index contributed by atoms with van der Waals surface area (Å²) in [7, 11) is 0. The van der Waals surface area contributed by atoms with Crippen molar-refractivity contribution in [1.82, 2.24) is 0 Å². The first-order chi connectivity index (χ1) is 9.65. The summed E-state index contributed by atoms with van der Waals surface area (Å²) in [4.78, 5) is 23.2. The summed E-state index contributed by atoms with van der Waals surface area (Å²) in [5.74, 6) is -1.41. The highest BCUT2D eigenvalue weighted by molar-refractivity contribution is 6.01. The second-order valence-electron chi connectivity index (χ2n) is 4.07. The summed E-state index contributed by atoms with van der Waals surface area (Å²) in [6.07, 6.45) is 2.79. The first-order valence-electron chi connectivity index (χ1n) is 6.00. The summed E-state index contributed by atoms with van der Waals surface area (Å²) >= 11 is 0. The number of hydrogen-bond acceptors (Lipinski definition) is 4. The quantitative estimate of drug-likeness (QED) is 0.402. The van der Waals surface area contributed by atoms with Crippen molar-refractivity contribution in [3.05, 3.63) is 71.8 Å². The van der Waals surface area contributed by atoms with Crippen molar-refractivity contribution in [1.29, 1.82) is 0 Å². The molecule has 0 saturated carbocycles. The van der Waals surface area contributed by atoms with Crippen LogP contribution >= 0.6 is 0 Å². The molecule has 2 N–H and O–H groups in total. The molecule has 2 rings (SSSR count). The number of nitrogens with two attached hydrogens (primary N) is 1. The van der Waals surface area contributed by atoms with Gasteiger partial charge in [-0.3, -0.25) is 0 Å². The van der Waals surface area contributed by atoms with E-state index in [9.17, 15) is 9.59 Å². The molecule has 0 amide bonds. The Labute approximate surface area is 116 Å². The number of rotatable bonds is 3. The third kappa shape index (κ3) is 3.81. The van der Waals surface area contributed by atoms with Crippen molar-refractivity contribution in [3.63, 3.8) is 0 Å². The van der Waals surface area contributed by atoms with E-state index in [1.54, 1.807) is 18.2 Å². The Hall–Kier alpha value is -2.88. The van der Waals surface area contributed by atoms with Crippen LogP contribution in [0.5, 0.6) is 0 Å². The number of carbonyl (C=O) groups is 2. The van der Waals surface area contributed by atoms with Crippen LogP contribution in [0.25, 0.3) is 6.08 Å². The standard InChI is InChI=1S/C16H13NO3/c17-14-9-7-13(8-10-14)16(19)20-15(18)11-6-12-4-2-1-3-5-12/h1-11H,17H2. The normalized spacial score (nSPS) is 10.4. The van der Waals surface area contributed by atoms with E-state index in [1.165, 1.54) is 18.2 Å². The van der Waals surface area contributed by atoms with Crippen LogP contribution in [0.2, 0.25) is 0 Å². The van der Waals surface area contributed by atoms with Crippen LogP contribution in [0.3, 0.4) is 0 Å². The zero-order valence-electron chi connectivity index (χ0n) is 10.7. The van der Waals surface area contributed by atoms with Crippen molar-refractivity contribution < 1.29 is 14.3 Å². The zero-order chi connectivity index (χ0) is 14.4. The van der Waals surface area contributed by atoms with Gasteiger partial charge in [-0.1, -0.05) is 30.3 Å². The fourth-order valence-electron chi connectivity index (χ4n) is 1.53. The van der Waals surface area contributed by atoms with E-state index < -0.39 is 11.9 Å². The third-order valence-electron chi connectivity index (χ3n) is 2.55. The number of nitrogen functional groups attached to an aromatic ring is 1. The summed E-state index contributed by atoms with van der Waals surface area (Å²) in [5, 5.41) is 0. The Morgan fingerprint density at radius 1 is 0.950 bits per heavy atom. The molecule has 4 nitrogen and oxygen atoms in total. The lowest BCUT2D eigenvalue weighted by Gasteiger charge is -2.00. The fraction of sp³-hybridized carbons (Fsp3) is 0. The Balaban J connectivity index is 1.96. The maximum absolute atomic E-state index is 11.7. The van der Waals surface area contributed by atoms with E-state index in [0.29, 0.717) is 5.69 Å². The van der Waals surface area contributed by atoms with Gasteiger partial charge in [-0.25, -0.2) is 9.59 Å². The lowest BCUT2D eigenvalue weighted by molar-refractivity contribution is -0.132. The number of anilines is 1. The van der Waals surface area contributed by atoms with Crippen LogP contribution in [0.15, 0.2) is 60.7 Å². The summed E-state index contributed by atoms with van der Waals surface area (Å²) in [5.41, 5.74) is 7.18. The van der Waals surface area contributed by atoms with Gasteiger partial charge in [0.1, 0.15) is 0 Å². The first-order valence-corrected chi connectivity index (χ1v) is 6.00. The highest BCUT2D eigenvalue weighted by atomic mass is 16.6. The van der Waals surface area contributed by atoms with Gasteiger partial charge >= 0.3 is 11.9 Å². The molecule has 0 radical (unpaired) electrons. The largest absolute Gasteiger partial charge is 0.399 e. The maximum atomic E-state index is 11.7. The van der Waals surface area contributed by atoms with E-state index in [4.69, 9.17) is 10.5 Å². The SMILES string of the molecule is Nc1ccc(C(=O)OC(=O)C=Cc2ccccc2)cc1. The predicted molar refractivity (Wildman–Crippen MR) is 76.8 cm³/mol. The first kappa shape index (κ1) is 13.5. The number of hydrogen-bond donors (Lipinski definition) is 1. The van der Waals surface area contributed by atoms with Gasteiger partial charge in [-0.15, -0.1) is 0 Å². The maximum Gasteiger partial charge on any atom is 0.346 e. The molecule has 0 aliphatic heterocycles. The molecule has 0 aliphatic carbocycles. The van der Waals surface area contributed by atoms with Gasteiger partial charge in [0.2, 0.25) is 0 Å². The second-order valence-corrected chi connectivity index (χ2v) is 4.07. The highest BCUT2D eigenvalue weighted by Crippen LogP contribution is 2.07. The van der Waals surface area contributed by atoms with E-state index in [2.05, 4.69) is 0 Å². The Morgan fingerprint density at radius 2 is 1.60 bits per heavy atom. The number of ether oxygens (including phenoxy) is 1. The van der Waals surface area contributed by atoms with Crippen molar-refractivity contribution >= 4 is 23.7 Å². The Morgan fingerprint density at radius 3 is 2.25 bits per heavy atom. The minimum Gasteiger partial charge on any atom is -0.399 e. The van der Waals surface area contributed by atoms with Crippen molar-refractivity contribution in [2.75, 3.05) is 5.73 Å². The van der Waals surface area contributed by atoms with E-state index >= 15 is 0 Å². The molecule has 2 aromatic carbocycles. The van der Waals surface area contributed by atoms with Crippen LogP contribution in [0.4, 0.5) is 5.69 Å². The smallest absolute Gasteiger partial charge is 0.346 e. The van der Waals surface area contributed by atoms with Gasteiger partial charge in [-0.05, 0) is 35.9 Å². The Bertz CT molecular complexity index is 631. The monoisotopic (exact) mass is 267 g/mol. The summed E-state index contributed by atoms with van der Waals surface area (Å²) in [6.45, 7) is 0. The lowest BCUT2D eigenvalue weighted by Crippen LogP contribution is -2.10. The number of esters is 2. The average Bonchev–Trinajstić information content (AvgIpc) is 2.47. The molecule has 0 heterocycles. The van der Waals surface area contributed by atoms with Gasteiger partial charge in [0.05, 0.1) is 5.56 Å². The van der Waals surface area contributed by atoms with Gasteiger partial charge in [0.25, 0.3) is 0 Å². The van der Waals surface area contributed by atoms with E-state index in [-0.39, 0.29) is 5.56 Å². The van der Waals surface area contributed by atoms with E-state index in [0.717, 1.165) is 5.56 Å². The molecule has 0 bridgehead atoms. The predicted octanol–water partition coefficient (Wildman–Crippen LogP) is 2.67. The van der Waals surface area contributed by atoms with Gasteiger partial charge in [0.15, 0.2) is 0 Å². The van der Waals surface area contributed by atoms with Gasteiger partial charge in [0, 0.05) is 11.8 Å². The molecular formula is C16H13NO3. The molecular weight excluding hydrogens is 254 g/mol. The van der Waals surface area contributed by atoms with Crippen LogP contribution < -0.4 is 5.73 Å². The van der Waals surface area contributed by atoms with Crippen molar-refractivity contribution in [3.8, 4) is 0 Å². The number of benzene rings is 2. The third-order valence-corrected chi connectivity index (χ3v) is 2.55. The van der Waals surface area contributed by atoms with Crippen LogP contribution in [0, 0.1) is 0 Å². The van der Waals surface area contributed by atoms with Crippen molar-refractivity contribution in [2.24, 2.45) is 0 Å². The minimum absolute atomic E-state index is 0.278. The minimum atomic E-state index is -0.712. The van der Waals surface area contributed by atoms with Crippen LogP contribution in [-0.2, 0) is 9.53 Å². The lowest BCUT2D eigenvalue weighted by atomic mass is 10.2. The van der Waals surface area contributed by atoms with Crippen LogP contribution in [-0.4, -0.2) is 11.9 Å². The number of carbonyl (C=O) groups excluding carboxylic acids is 2. The van der Waals surface area contributed by atoms with E-state index in [1.807, 2.05) is 30.3 Å². The fourth-order valence-corrected chi connectivity index (χ4v) is 1.53. The van der Waals surface area contributed by atoms with Crippen molar-refractivity contribution in [2.45, 2.75) is 0 Å². The molecule has 0 atom stereocenters. The van der Waals surface area contributed by atoms with Crippen LogP contribution in [0.1, 0.15) is 15.9 Å². The molecule has 4 heteroatoms. The second kappa shape index (κ2) is 6.33. The summed E-state index contributed by atoms with van der Waals surface area (Å²) < 4.78 is 4.69. The zero-order valence-corrected chi connectivity index (χ0v) is 10.7. The van der Waals surface area contributed by atoms with Gasteiger partial charge in [-0.2, -0.15) is 0 Å². The highest BCUT2D eigenvalue weighted by Gasteiger charge is 2.10. The average molecular weight is 267 g/mol. The molecule has 0 fully saturated rings. The topological polar surface area (TPSA) is 69.4 Å². The Kier molecular flexibility index (Phi) is 4.29. The molecule has 0 aromatic heterocycles. The summed E-state index contributed by atoms with van der Waals surface area (Å²) in [6, 6.07) is 15.4. The molecule has 2 aromatic rings. The molecule has 0 saturated heterocycles. The molecule has 100 valence electrons. The molecule has 0 aliphatic rings. The molecule has 0 spiro atoms.